The van der Waals surface area contributed by atoms with Crippen molar-refractivity contribution in [2.75, 3.05) is 24.2 Å². The van der Waals surface area contributed by atoms with Crippen molar-refractivity contribution < 1.29 is 22.4 Å². The Kier molecular flexibility index (Phi) is 5.65. The average molecular weight is 390 g/mol. The third-order valence-corrected chi connectivity index (χ3v) is 6.50. The molecule has 1 saturated heterocycles. The van der Waals surface area contributed by atoms with Gasteiger partial charge in [0, 0.05) is 24.7 Å². The summed E-state index contributed by atoms with van der Waals surface area (Å²) in [5.41, 5.74) is 0.559. The van der Waals surface area contributed by atoms with E-state index in [4.69, 9.17) is 4.42 Å². The van der Waals surface area contributed by atoms with E-state index in [1.807, 2.05) is 0 Å². The third-order valence-electron chi connectivity index (χ3n) is 4.75. The molecule has 0 aliphatic carbocycles. The summed E-state index contributed by atoms with van der Waals surface area (Å²) in [6, 6.07) is 9.48. The highest BCUT2D eigenvalue weighted by molar-refractivity contribution is 7.91. The van der Waals surface area contributed by atoms with E-state index in [0.29, 0.717) is 37.4 Å². The number of piperidine rings is 1. The van der Waals surface area contributed by atoms with Gasteiger partial charge in [0.25, 0.3) is 5.91 Å². The third kappa shape index (κ3) is 4.39. The molecule has 2 amide bonds. The van der Waals surface area contributed by atoms with Gasteiger partial charge in [-0.25, -0.2) is 8.42 Å². The fraction of sp³-hybridized carbons (Fsp3) is 0.368. The normalized spacial score (nSPS) is 15.5. The predicted molar refractivity (Wildman–Crippen MR) is 100 cm³/mol. The molecule has 144 valence electrons. The standard InChI is InChI=1S/C19H22N2O5S/c1-2-27(24,25)16-7-5-15(6-8-16)20-18(22)14-9-11-21(12-10-14)19(23)17-4-3-13-26-17/h3-8,13-14H,2,9-12H2,1H3,(H,20,22). The second-order valence-electron chi connectivity index (χ2n) is 6.46. The maximum absolute atomic E-state index is 12.5. The van der Waals surface area contributed by atoms with Crippen LogP contribution in [0.4, 0.5) is 5.69 Å². The molecule has 0 saturated carbocycles. The van der Waals surface area contributed by atoms with Gasteiger partial charge in [-0.15, -0.1) is 0 Å². The number of hydrogen-bond donors (Lipinski definition) is 1. The highest BCUT2D eigenvalue weighted by atomic mass is 32.2. The maximum Gasteiger partial charge on any atom is 0.289 e. The zero-order valence-corrected chi connectivity index (χ0v) is 15.9. The summed E-state index contributed by atoms with van der Waals surface area (Å²) >= 11 is 0. The van der Waals surface area contributed by atoms with Gasteiger partial charge in [-0.3, -0.25) is 9.59 Å². The number of rotatable bonds is 5. The van der Waals surface area contributed by atoms with Gasteiger partial charge < -0.3 is 14.6 Å². The maximum atomic E-state index is 12.5. The lowest BCUT2D eigenvalue weighted by atomic mass is 9.95. The van der Waals surface area contributed by atoms with Crippen LogP contribution in [0.25, 0.3) is 0 Å². The molecular formula is C19H22N2O5S. The topological polar surface area (TPSA) is 96.7 Å². The average Bonchev–Trinajstić information content (AvgIpc) is 3.23. The van der Waals surface area contributed by atoms with Crippen LogP contribution in [0.15, 0.2) is 52.0 Å². The van der Waals surface area contributed by atoms with Gasteiger partial charge in [0.15, 0.2) is 15.6 Å². The van der Waals surface area contributed by atoms with E-state index in [2.05, 4.69) is 5.32 Å². The van der Waals surface area contributed by atoms with Crippen LogP contribution in [-0.4, -0.2) is 44.0 Å². The monoisotopic (exact) mass is 390 g/mol. The van der Waals surface area contributed by atoms with E-state index in [9.17, 15) is 18.0 Å². The molecule has 2 aromatic rings. The highest BCUT2D eigenvalue weighted by Gasteiger charge is 2.28. The number of hydrogen-bond acceptors (Lipinski definition) is 5. The lowest BCUT2D eigenvalue weighted by Crippen LogP contribution is -2.41. The fourth-order valence-electron chi connectivity index (χ4n) is 3.06. The Morgan fingerprint density at radius 3 is 2.37 bits per heavy atom. The van der Waals surface area contributed by atoms with Crippen molar-refractivity contribution >= 4 is 27.3 Å². The SMILES string of the molecule is CCS(=O)(=O)c1ccc(NC(=O)C2CCN(C(=O)c3ccco3)CC2)cc1. The van der Waals surface area contributed by atoms with Crippen molar-refractivity contribution in [1.82, 2.24) is 4.90 Å². The second kappa shape index (κ2) is 7.96. The molecule has 0 atom stereocenters. The summed E-state index contributed by atoms with van der Waals surface area (Å²) in [4.78, 5) is 26.6. The molecule has 2 heterocycles. The van der Waals surface area contributed by atoms with Crippen molar-refractivity contribution in [3.05, 3.63) is 48.4 Å². The molecule has 1 aromatic heterocycles. The molecule has 7 nitrogen and oxygen atoms in total. The molecule has 0 bridgehead atoms. The van der Waals surface area contributed by atoms with E-state index >= 15 is 0 Å². The molecule has 0 radical (unpaired) electrons. The van der Waals surface area contributed by atoms with E-state index < -0.39 is 9.84 Å². The van der Waals surface area contributed by atoms with E-state index in [1.54, 1.807) is 36.1 Å². The Bertz CT molecular complexity index is 896. The quantitative estimate of drug-likeness (QED) is 0.846. The van der Waals surface area contributed by atoms with E-state index in [-0.39, 0.29) is 28.4 Å². The zero-order valence-electron chi connectivity index (χ0n) is 15.1. The van der Waals surface area contributed by atoms with Crippen LogP contribution in [-0.2, 0) is 14.6 Å². The zero-order chi connectivity index (χ0) is 19.4. The molecule has 0 unspecified atom stereocenters. The van der Waals surface area contributed by atoms with Gasteiger partial charge in [-0.05, 0) is 49.2 Å². The van der Waals surface area contributed by atoms with Gasteiger partial charge in [0.05, 0.1) is 16.9 Å². The predicted octanol–water partition coefficient (Wildman–Crippen LogP) is 2.56. The summed E-state index contributed by atoms with van der Waals surface area (Å²) in [6.45, 7) is 2.57. The van der Waals surface area contributed by atoms with Crippen LogP contribution in [0.3, 0.4) is 0 Å². The number of sulfone groups is 1. The Hall–Kier alpha value is -2.61. The fourth-order valence-corrected chi connectivity index (χ4v) is 3.94. The number of furan rings is 1. The minimum atomic E-state index is -3.25. The van der Waals surface area contributed by atoms with Crippen molar-refractivity contribution in [2.24, 2.45) is 5.92 Å². The summed E-state index contributed by atoms with van der Waals surface area (Å²) in [6.07, 6.45) is 2.60. The second-order valence-corrected chi connectivity index (χ2v) is 8.74. The van der Waals surface area contributed by atoms with Crippen molar-refractivity contribution in [1.29, 1.82) is 0 Å². The lowest BCUT2D eigenvalue weighted by Gasteiger charge is -2.30. The van der Waals surface area contributed by atoms with Crippen LogP contribution in [0.1, 0.15) is 30.3 Å². The number of anilines is 1. The number of amides is 2. The number of nitrogens with zero attached hydrogens (tertiary/aromatic N) is 1. The number of carbonyl (C=O) groups excluding carboxylic acids is 2. The molecule has 1 aliphatic heterocycles. The van der Waals surface area contributed by atoms with Crippen molar-refractivity contribution in [3.8, 4) is 0 Å². The summed E-state index contributed by atoms with van der Waals surface area (Å²) in [5, 5.41) is 2.82. The summed E-state index contributed by atoms with van der Waals surface area (Å²) in [7, 11) is -3.25. The molecule has 1 aromatic carbocycles. The van der Waals surface area contributed by atoms with Crippen LogP contribution in [0.5, 0.6) is 0 Å². The van der Waals surface area contributed by atoms with Gasteiger partial charge in [-0.1, -0.05) is 6.92 Å². The van der Waals surface area contributed by atoms with Gasteiger partial charge in [0.2, 0.25) is 5.91 Å². The molecule has 1 aliphatic rings. The minimum Gasteiger partial charge on any atom is -0.459 e. The largest absolute Gasteiger partial charge is 0.459 e. The number of nitrogens with one attached hydrogen (secondary N) is 1. The molecule has 1 N–H and O–H groups in total. The number of likely N-dealkylation sites (tertiary alicyclic amines) is 1. The van der Waals surface area contributed by atoms with Gasteiger partial charge in [0.1, 0.15) is 0 Å². The Balaban J connectivity index is 1.54. The highest BCUT2D eigenvalue weighted by Crippen LogP contribution is 2.22. The van der Waals surface area contributed by atoms with Crippen molar-refractivity contribution in [3.63, 3.8) is 0 Å². The summed E-state index contributed by atoms with van der Waals surface area (Å²) < 4.78 is 28.8. The smallest absolute Gasteiger partial charge is 0.289 e. The summed E-state index contributed by atoms with van der Waals surface area (Å²) in [5.74, 6) is -0.129. The van der Waals surface area contributed by atoms with Crippen LogP contribution < -0.4 is 5.32 Å². The number of benzene rings is 1. The minimum absolute atomic E-state index is 0.0357. The van der Waals surface area contributed by atoms with E-state index in [1.165, 1.54) is 18.4 Å². The molecule has 0 spiro atoms. The first-order chi connectivity index (χ1) is 12.9. The molecular weight excluding hydrogens is 368 g/mol. The van der Waals surface area contributed by atoms with Crippen molar-refractivity contribution in [2.45, 2.75) is 24.7 Å². The Labute approximate surface area is 158 Å². The Morgan fingerprint density at radius 2 is 1.81 bits per heavy atom. The first-order valence-electron chi connectivity index (χ1n) is 8.87. The Morgan fingerprint density at radius 1 is 1.15 bits per heavy atom. The van der Waals surface area contributed by atoms with E-state index in [0.717, 1.165) is 0 Å². The molecule has 27 heavy (non-hydrogen) atoms. The van der Waals surface area contributed by atoms with Crippen LogP contribution in [0.2, 0.25) is 0 Å². The first-order valence-corrected chi connectivity index (χ1v) is 10.5. The van der Waals surface area contributed by atoms with Gasteiger partial charge >= 0.3 is 0 Å². The lowest BCUT2D eigenvalue weighted by molar-refractivity contribution is -0.121. The first kappa shape index (κ1) is 19.2. The van der Waals surface area contributed by atoms with Gasteiger partial charge in [-0.2, -0.15) is 0 Å². The molecule has 8 heteroatoms. The molecule has 1 fully saturated rings. The van der Waals surface area contributed by atoms with Crippen LogP contribution >= 0.6 is 0 Å². The van der Waals surface area contributed by atoms with Crippen LogP contribution in [0, 0.1) is 5.92 Å². The number of carbonyl (C=O) groups is 2. The molecule has 3 rings (SSSR count).